The Morgan fingerprint density at radius 2 is 2.14 bits per heavy atom. The van der Waals surface area contributed by atoms with Crippen molar-refractivity contribution in [1.29, 1.82) is 0 Å². The minimum absolute atomic E-state index is 0.789. The molecule has 1 N–H and O–H groups in total. The average molecular weight is 368 g/mol. The van der Waals surface area contributed by atoms with E-state index in [1.165, 1.54) is 10.4 Å². The van der Waals surface area contributed by atoms with Gasteiger partial charge in [-0.05, 0) is 39.7 Å². The van der Waals surface area contributed by atoms with Crippen molar-refractivity contribution >= 4 is 33.1 Å². The van der Waals surface area contributed by atoms with Gasteiger partial charge in [0.2, 0.25) is 0 Å². The number of anilines is 1. The van der Waals surface area contributed by atoms with Crippen LogP contribution >= 0.6 is 27.3 Å². The minimum Gasteiger partial charge on any atom is -0.378 e. The first-order valence-corrected chi connectivity index (χ1v) is 8.70. The van der Waals surface area contributed by atoms with E-state index >= 15 is 0 Å². The van der Waals surface area contributed by atoms with Gasteiger partial charge in [0.15, 0.2) is 0 Å². The second-order valence-electron chi connectivity index (χ2n) is 4.96. The maximum absolute atomic E-state index is 5.38. The minimum atomic E-state index is 0.789. The van der Waals surface area contributed by atoms with Crippen LogP contribution < -0.4 is 10.2 Å². The molecular formula is C15H18BrN3OS. The van der Waals surface area contributed by atoms with Gasteiger partial charge in [0, 0.05) is 47.1 Å². The molecule has 1 fully saturated rings. The van der Waals surface area contributed by atoms with E-state index in [-0.39, 0.29) is 0 Å². The lowest BCUT2D eigenvalue weighted by atomic mass is 10.2. The molecule has 0 aliphatic carbocycles. The van der Waals surface area contributed by atoms with Crippen molar-refractivity contribution in [2.24, 2.45) is 0 Å². The summed E-state index contributed by atoms with van der Waals surface area (Å²) in [6, 6.07) is 6.40. The molecule has 0 bridgehead atoms. The van der Waals surface area contributed by atoms with Crippen LogP contribution in [0.2, 0.25) is 0 Å². The number of hydrogen-bond donors (Lipinski definition) is 1. The summed E-state index contributed by atoms with van der Waals surface area (Å²) in [5.41, 5.74) is 1.27. The van der Waals surface area contributed by atoms with Gasteiger partial charge in [-0.1, -0.05) is 0 Å². The van der Waals surface area contributed by atoms with Crippen molar-refractivity contribution < 1.29 is 4.74 Å². The molecule has 2 aromatic rings. The molecule has 1 saturated heterocycles. The second-order valence-corrected chi connectivity index (χ2v) is 6.87. The van der Waals surface area contributed by atoms with Crippen LogP contribution in [0.1, 0.15) is 10.4 Å². The first-order valence-electron chi connectivity index (χ1n) is 7.02. The Kier molecular flexibility index (Phi) is 5.24. The van der Waals surface area contributed by atoms with Crippen molar-refractivity contribution in [3.63, 3.8) is 0 Å². The van der Waals surface area contributed by atoms with Crippen LogP contribution in [-0.4, -0.2) is 31.3 Å². The number of thiophene rings is 1. The Bertz CT molecular complexity index is 584. The molecule has 21 heavy (non-hydrogen) atoms. The van der Waals surface area contributed by atoms with E-state index in [0.717, 1.165) is 49.7 Å². The standard InChI is InChI=1S/C15H18BrN3OS/c16-13-8-14(21-11-13)10-17-9-12-1-2-18-15(7-12)19-3-5-20-6-4-19/h1-2,7-8,11,17H,3-6,9-10H2. The molecule has 3 rings (SSSR count). The van der Waals surface area contributed by atoms with Gasteiger partial charge in [0.25, 0.3) is 0 Å². The van der Waals surface area contributed by atoms with Crippen molar-refractivity contribution in [3.8, 4) is 0 Å². The van der Waals surface area contributed by atoms with Crippen molar-refractivity contribution in [1.82, 2.24) is 10.3 Å². The van der Waals surface area contributed by atoms with Gasteiger partial charge in [-0.15, -0.1) is 11.3 Å². The number of pyridine rings is 1. The van der Waals surface area contributed by atoms with E-state index in [4.69, 9.17) is 4.74 Å². The van der Waals surface area contributed by atoms with Crippen LogP contribution in [0.25, 0.3) is 0 Å². The van der Waals surface area contributed by atoms with E-state index in [9.17, 15) is 0 Å². The summed E-state index contributed by atoms with van der Waals surface area (Å²) < 4.78 is 6.54. The maximum atomic E-state index is 5.38. The van der Waals surface area contributed by atoms with Gasteiger partial charge in [0.1, 0.15) is 5.82 Å². The molecule has 0 atom stereocenters. The van der Waals surface area contributed by atoms with E-state index in [1.54, 1.807) is 11.3 Å². The summed E-state index contributed by atoms with van der Waals surface area (Å²) in [6.07, 6.45) is 1.89. The van der Waals surface area contributed by atoms with Gasteiger partial charge in [-0.2, -0.15) is 0 Å². The van der Waals surface area contributed by atoms with Gasteiger partial charge in [-0.25, -0.2) is 4.98 Å². The van der Waals surface area contributed by atoms with Gasteiger partial charge < -0.3 is 15.0 Å². The SMILES string of the molecule is Brc1csc(CNCc2ccnc(N3CCOCC3)c2)c1. The molecule has 112 valence electrons. The van der Waals surface area contributed by atoms with Crippen LogP contribution in [-0.2, 0) is 17.8 Å². The third-order valence-corrected chi connectivity index (χ3v) is 5.09. The highest BCUT2D eigenvalue weighted by Gasteiger charge is 2.12. The fourth-order valence-corrected chi connectivity index (χ4v) is 3.73. The van der Waals surface area contributed by atoms with Gasteiger partial charge in [0.05, 0.1) is 13.2 Å². The normalized spacial score (nSPS) is 15.4. The quantitative estimate of drug-likeness (QED) is 0.881. The fourth-order valence-electron chi connectivity index (χ4n) is 2.31. The molecule has 0 aromatic carbocycles. The number of nitrogens with zero attached hydrogens (tertiary/aromatic N) is 2. The molecule has 0 amide bonds. The monoisotopic (exact) mass is 367 g/mol. The highest BCUT2D eigenvalue weighted by atomic mass is 79.9. The number of halogens is 1. The summed E-state index contributed by atoms with van der Waals surface area (Å²) in [4.78, 5) is 8.09. The molecule has 6 heteroatoms. The first-order chi connectivity index (χ1) is 10.3. The van der Waals surface area contributed by atoms with Crippen molar-refractivity contribution in [2.75, 3.05) is 31.2 Å². The van der Waals surface area contributed by atoms with Crippen molar-refractivity contribution in [2.45, 2.75) is 13.1 Å². The van der Waals surface area contributed by atoms with Crippen LogP contribution in [0.15, 0.2) is 34.2 Å². The third kappa shape index (κ3) is 4.26. The molecule has 0 spiro atoms. The molecule has 2 aromatic heterocycles. The van der Waals surface area contributed by atoms with Gasteiger partial charge in [-0.3, -0.25) is 0 Å². The fraction of sp³-hybridized carbons (Fsp3) is 0.400. The van der Waals surface area contributed by atoms with Crippen LogP contribution in [0, 0.1) is 0 Å². The van der Waals surface area contributed by atoms with E-state index in [1.807, 2.05) is 6.20 Å². The molecular weight excluding hydrogens is 350 g/mol. The Morgan fingerprint density at radius 3 is 2.90 bits per heavy atom. The average Bonchev–Trinajstić information content (AvgIpc) is 2.94. The largest absolute Gasteiger partial charge is 0.378 e. The number of hydrogen-bond acceptors (Lipinski definition) is 5. The van der Waals surface area contributed by atoms with Crippen molar-refractivity contribution in [3.05, 3.63) is 44.7 Å². The summed E-state index contributed by atoms with van der Waals surface area (Å²) in [6.45, 7) is 5.18. The lowest BCUT2D eigenvalue weighted by Crippen LogP contribution is -2.36. The van der Waals surface area contributed by atoms with Crippen LogP contribution in [0.3, 0.4) is 0 Å². The van der Waals surface area contributed by atoms with E-state index in [0.29, 0.717) is 0 Å². The van der Waals surface area contributed by atoms with E-state index < -0.39 is 0 Å². The van der Waals surface area contributed by atoms with Gasteiger partial charge >= 0.3 is 0 Å². The predicted molar refractivity (Wildman–Crippen MR) is 89.8 cm³/mol. The summed E-state index contributed by atoms with van der Waals surface area (Å²) in [7, 11) is 0. The topological polar surface area (TPSA) is 37.4 Å². The highest BCUT2D eigenvalue weighted by Crippen LogP contribution is 2.19. The molecule has 0 unspecified atom stereocenters. The third-order valence-electron chi connectivity index (χ3n) is 3.40. The lowest BCUT2D eigenvalue weighted by Gasteiger charge is -2.28. The number of ether oxygens (including phenoxy) is 1. The Hall–Kier alpha value is -0.950. The zero-order valence-electron chi connectivity index (χ0n) is 11.7. The lowest BCUT2D eigenvalue weighted by molar-refractivity contribution is 0.122. The summed E-state index contributed by atoms with van der Waals surface area (Å²) >= 11 is 5.25. The van der Waals surface area contributed by atoms with E-state index in [2.05, 4.69) is 54.7 Å². The molecule has 1 aliphatic heterocycles. The Balaban J connectivity index is 1.55. The molecule has 3 heterocycles. The highest BCUT2D eigenvalue weighted by molar-refractivity contribution is 9.10. The summed E-state index contributed by atoms with van der Waals surface area (Å²) in [5, 5.41) is 5.59. The predicted octanol–water partition coefficient (Wildman–Crippen LogP) is 3.03. The Morgan fingerprint density at radius 1 is 1.29 bits per heavy atom. The zero-order valence-corrected chi connectivity index (χ0v) is 14.1. The molecule has 4 nitrogen and oxygen atoms in total. The summed E-state index contributed by atoms with van der Waals surface area (Å²) in [5.74, 6) is 1.05. The second kappa shape index (κ2) is 7.35. The number of rotatable bonds is 5. The maximum Gasteiger partial charge on any atom is 0.128 e. The molecule has 0 radical (unpaired) electrons. The Labute approximate surface area is 137 Å². The molecule has 0 saturated carbocycles. The first kappa shape index (κ1) is 15.0. The zero-order chi connectivity index (χ0) is 14.5. The number of morpholine rings is 1. The van der Waals surface area contributed by atoms with Crippen LogP contribution in [0.5, 0.6) is 0 Å². The number of nitrogens with one attached hydrogen (secondary N) is 1. The molecule has 1 aliphatic rings. The van der Waals surface area contributed by atoms with Crippen LogP contribution in [0.4, 0.5) is 5.82 Å². The smallest absolute Gasteiger partial charge is 0.128 e. The number of aromatic nitrogens is 1.